The van der Waals surface area contributed by atoms with Crippen molar-refractivity contribution in [1.29, 1.82) is 0 Å². The van der Waals surface area contributed by atoms with E-state index in [4.69, 9.17) is 0 Å². The Hall–Kier alpha value is -1.63. The summed E-state index contributed by atoms with van der Waals surface area (Å²) in [6.45, 7) is 4.41. The van der Waals surface area contributed by atoms with Gasteiger partial charge in [0.1, 0.15) is 5.69 Å². The molecule has 1 fully saturated rings. The van der Waals surface area contributed by atoms with Gasteiger partial charge in [-0.05, 0) is 39.3 Å². The number of nitrogens with zero attached hydrogens (tertiary/aromatic N) is 4. The summed E-state index contributed by atoms with van der Waals surface area (Å²) < 4.78 is 1.63. The largest absolute Gasteiger partial charge is 0.351 e. The molecule has 1 aliphatic rings. The predicted octanol–water partition coefficient (Wildman–Crippen LogP) is 1.07. The van der Waals surface area contributed by atoms with Gasteiger partial charge in [0.15, 0.2) is 0 Å². The number of anilines is 1. The first-order chi connectivity index (χ1) is 9.04. The monoisotopic (exact) mass is 267 g/mol. The molecule has 0 bridgehead atoms. The summed E-state index contributed by atoms with van der Waals surface area (Å²) in [5, 5.41) is 18.6. The fraction of sp³-hybridized carbons (Fsp3) is 0.750. The van der Waals surface area contributed by atoms with Crippen LogP contribution in [-0.2, 0) is 7.05 Å². The molecule has 1 aromatic heterocycles. The fourth-order valence-corrected chi connectivity index (χ4v) is 2.84. The first kappa shape index (κ1) is 13.8. The van der Waals surface area contributed by atoms with Gasteiger partial charge in [-0.1, -0.05) is 0 Å². The third kappa shape index (κ3) is 2.70. The number of hydrogen-bond acceptors (Lipinski definition) is 5. The van der Waals surface area contributed by atoms with Crippen molar-refractivity contribution in [3.63, 3.8) is 0 Å². The van der Waals surface area contributed by atoms with Gasteiger partial charge in [-0.2, -0.15) is 5.10 Å². The molecular weight excluding hydrogens is 246 g/mol. The van der Waals surface area contributed by atoms with Gasteiger partial charge >= 0.3 is 5.69 Å². The van der Waals surface area contributed by atoms with Gasteiger partial charge in [0.05, 0.1) is 4.92 Å². The molecular formula is C12H21N5O2. The third-order valence-electron chi connectivity index (χ3n) is 3.75. The van der Waals surface area contributed by atoms with Crippen LogP contribution in [0.1, 0.15) is 18.5 Å². The number of nitro groups is 1. The summed E-state index contributed by atoms with van der Waals surface area (Å²) in [4.78, 5) is 12.9. The van der Waals surface area contributed by atoms with Crippen LogP contribution in [0.2, 0.25) is 0 Å². The topological polar surface area (TPSA) is 76.2 Å². The maximum atomic E-state index is 11.2. The lowest BCUT2D eigenvalue weighted by Gasteiger charge is -2.32. The molecule has 106 valence electrons. The molecule has 2 heterocycles. The van der Waals surface area contributed by atoms with Gasteiger partial charge in [-0.25, -0.2) is 4.68 Å². The van der Waals surface area contributed by atoms with Gasteiger partial charge in [-0.3, -0.25) is 10.1 Å². The minimum atomic E-state index is -0.322. The zero-order chi connectivity index (χ0) is 14.0. The van der Waals surface area contributed by atoms with Crippen LogP contribution in [0.3, 0.4) is 0 Å². The van der Waals surface area contributed by atoms with Crippen molar-refractivity contribution < 1.29 is 4.92 Å². The molecule has 2 rings (SSSR count). The maximum absolute atomic E-state index is 11.2. The summed E-state index contributed by atoms with van der Waals surface area (Å²) >= 11 is 0. The molecule has 0 saturated carbocycles. The molecule has 0 spiro atoms. The number of aryl methyl sites for hydroxylation is 2. The van der Waals surface area contributed by atoms with E-state index in [0.717, 1.165) is 32.5 Å². The summed E-state index contributed by atoms with van der Waals surface area (Å²) in [5.41, 5.74) is 0.634. The van der Waals surface area contributed by atoms with Gasteiger partial charge in [-0.15, -0.1) is 0 Å². The van der Waals surface area contributed by atoms with E-state index in [0.29, 0.717) is 17.4 Å². The SMILES string of the molecule is CNCC1CCN(c2c([N+](=O)[O-])c(C)nn2C)CC1. The second-order valence-corrected chi connectivity index (χ2v) is 5.13. The molecule has 7 nitrogen and oxygen atoms in total. The highest BCUT2D eigenvalue weighted by atomic mass is 16.6. The standard InChI is InChI=1S/C12H21N5O2/c1-9-11(17(18)19)12(15(3)14-9)16-6-4-10(5-7-16)8-13-2/h10,13H,4-8H2,1-3H3. The van der Waals surface area contributed by atoms with Crippen LogP contribution >= 0.6 is 0 Å². The van der Waals surface area contributed by atoms with Crippen molar-refractivity contribution >= 4 is 11.5 Å². The Morgan fingerprint density at radius 1 is 1.47 bits per heavy atom. The Morgan fingerprint density at radius 2 is 2.11 bits per heavy atom. The minimum Gasteiger partial charge on any atom is -0.351 e. The van der Waals surface area contributed by atoms with Crippen molar-refractivity contribution in [2.45, 2.75) is 19.8 Å². The lowest BCUT2D eigenvalue weighted by atomic mass is 9.97. The number of rotatable bonds is 4. The van der Waals surface area contributed by atoms with Gasteiger partial charge in [0, 0.05) is 20.1 Å². The lowest BCUT2D eigenvalue weighted by molar-refractivity contribution is -0.384. The second-order valence-electron chi connectivity index (χ2n) is 5.13. The van der Waals surface area contributed by atoms with Crippen LogP contribution in [0.15, 0.2) is 0 Å². The highest BCUT2D eigenvalue weighted by molar-refractivity contribution is 5.61. The Morgan fingerprint density at radius 3 is 2.63 bits per heavy atom. The van der Waals surface area contributed by atoms with Crippen LogP contribution in [0.5, 0.6) is 0 Å². The summed E-state index contributed by atoms with van der Waals surface area (Å²) in [7, 11) is 3.73. The average Bonchev–Trinajstić information content (AvgIpc) is 2.66. The van der Waals surface area contributed by atoms with Gasteiger partial charge in [0.2, 0.25) is 5.82 Å². The van der Waals surface area contributed by atoms with E-state index in [2.05, 4.69) is 15.3 Å². The zero-order valence-corrected chi connectivity index (χ0v) is 11.7. The maximum Gasteiger partial charge on any atom is 0.333 e. The van der Waals surface area contributed by atoms with E-state index in [1.54, 1.807) is 18.7 Å². The highest BCUT2D eigenvalue weighted by Gasteiger charge is 2.30. The van der Waals surface area contributed by atoms with E-state index >= 15 is 0 Å². The molecule has 1 N–H and O–H groups in total. The van der Waals surface area contributed by atoms with Gasteiger partial charge < -0.3 is 10.2 Å². The van der Waals surface area contributed by atoms with Crippen molar-refractivity contribution in [3.8, 4) is 0 Å². The minimum absolute atomic E-state index is 0.148. The average molecular weight is 267 g/mol. The van der Waals surface area contributed by atoms with Crippen LogP contribution in [0.25, 0.3) is 0 Å². The van der Waals surface area contributed by atoms with E-state index in [9.17, 15) is 10.1 Å². The molecule has 1 aliphatic heterocycles. The van der Waals surface area contributed by atoms with Crippen LogP contribution in [0.4, 0.5) is 11.5 Å². The number of aromatic nitrogens is 2. The van der Waals surface area contributed by atoms with Crippen LogP contribution < -0.4 is 10.2 Å². The molecule has 19 heavy (non-hydrogen) atoms. The van der Waals surface area contributed by atoms with Crippen molar-refractivity contribution in [2.75, 3.05) is 31.6 Å². The molecule has 1 saturated heterocycles. The predicted molar refractivity (Wildman–Crippen MR) is 73.5 cm³/mol. The molecule has 7 heteroatoms. The summed E-state index contributed by atoms with van der Waals surface area (Å²) in [6, 6.07) is 0. The Balaban J connectivity index is 2.17. The fourth-order valence-electron chi connectivity index (χ4n) is 2.84. The lowest BCUT2D eigenvalue weighted by Crippen LogP contribution is -2.37. The zero-order valence-electron chi connectivity index (χ0n) is 11.7. The van der Waals surface area contributed by atoms with Crippen LogP contribution in [0, 0.1) is 23.0 Å². The summed E-state index contributed by atoms with van der Waals surface area (Å²) in [5.74, 6) is 1.31. The van der Waals surface area contributed by atoms with E-state index in [-0.39, 0.29) is 10.6 Å². The Labute approximate surface area is 112 Å². The van der Waals surface area contributed by atoms with Crippen LogP contribution in [-0.4, -0.2) is 41.4 Å². The van der Waals surface area contributed by atoms with E-state index < -0.39 is 0 Å². The van der Waals surface area contributed by atoms with E-state index in [1.807, 2.05) is 7.05 Å². The molecule has 0 amide bonds. The molecule has 0 atom stereocenters. The van der Waals surface area contributed by atoms with Crippen molar-refractivity contribution in [2.24, 2.45) is 13.0 Å². The molecule has 0 unspecified atom stereocenters. The quantitative estimate of drug-likeness (QED) is 0.652. The molecule has 0 radical (unpaired) electrons. The molecule has 0 aromatic carbocycles. The normalized spacial score (nSPS) is 16.9. The number of nitrogens with one attached hydrogen (secondary N) is 1. The number of hydrogen-bond donors (Lipinski definition) is 1. The van der Waals surface area contributed by atoms with Crippen molar-refractivity contribution in [1.82, 2.24) is 15.1 Å². The second kappa shape index (κ2) is 5.56. The third-order valence-corrected chi connectivity index (χ3v) is 3.75. The Bertz CT molecular complexity index is 463. The molecule has 1 aromatic rings. The first-order valence-corrected chi connectivity index (χ1v) is 6.62. The highest BCUT2D eigenvalue weighted by Crippen LogP contribution is 2.33. The smallest absolute Gasteiger partial charge is 0.333 e. The molecule has 0 aliphatic carbocycles. The number of piperidine rings is 1. The van der Waals surface area contributed by atoms with Crippen molar-refractivity contribution in [3.05, 3.63) is 15.8 Å². The summed E-state index contributed by atoms with van der Waals surface area (Å²) in [6.07, 6.45) is 2.12. The Kier molecular flexibility index (Phi) is 4.04. The van der Waals surface area contributed by atoms with E-state index in [1.165, 1.54) is 0 Å². The van der Waals surface area contributed by atoms with Gasteiger partial charge in [0.25, 0.3) is 0 Å². The first-order valence-electron chi connectivity index (χ1n) is 6.62.